The molecule has 7 heteroatoms. The number of halogens is 1. The van der Waals surface area contributed by atoms with Crippen LogP contribution >= 0.6 is 10.7 Å². The maximum absolute atomic E-state index is 10.8. The summed E-state index contributed by atoms with van der Waals surface area (Å²) in [5.41, 5.74) is 0.415. The minimum Gasteiger partial charge on any atom is -0.316 e. The van der Waals surface area contributed by atoms with Gasteiger partial charge in [0.2, 0.25) is 0 Å². The fourth-order valence-electron chi connectivity index (χ4n) is 0.751. The van der Waals surface area contributed by atoms with Gasteiger partial charge in [0.15, 0.2) is 0 Å². The molecule has 0 heterocycles. The van der Waals surface area contributed by atoms with E-state index in [2.05, 4.69) is 20.2 Å². The monoisotopic (exact) mass is 235 g/mol. The van der Waals surface area contributed by atoms with E-state index < -0.39 is 15.4 Å². The summed E-state index contributed by atoms with van der Waals surface area (Å²) in [6.07, 6.45) is -1.15. The first-order valence-electron chi connectivity index (χ1n) is 3.47. The smallest absolute Gasteiger partial charge is 0.316 e. The highest BCUT2D eigenvalue weighted by Gasteiger charge is 2.12. The van der Waals surface area contributed by atoms with Gasteiger partial charge >= 0.3 is 15.4 Å². The lowest BCUT2D eigenvalue weighted by molar-refractivity contribution is 0.218. The van der Waals surface area contributed by atoms with Crippen molar-refractivity contribution in [3.8, 4) is 0 Å². The number of hydrogen-bond donors (Lipinski definition) is 1. The summed E-state index contributed by atoms with van der Waals surface area (Å²) in [6, 6.07) is 8.23. The fraction of sp³-hybridized carbons (Fsp3) is 0. The largest absolute Gasteiger partial charge is 0.428 e. The zero-order valence-electron chi connectivity index (χ0n) is 6.81. The molecule has 5 nitrogen and oxygen atoms in total. The van der Waals surface area contributed by atoms with E-state index in [4.69, 9.17) is 0 Å². The lowest BCUT2D eigenvalue weighted by Gasteiger charge is -2.02. The molecule has 0 aromatic heterocycles. The Balaban J connectivity index is 2.59. The van der Waals surface area contributed by atoms with E-state index in [9.17, 15) is 13.2 Å². The average molecular weight is 236 g/mol. The van der Waals surface area contributed by atoms with Crippen molar-refractivity contribution in [1.82, 2.24) is 0 Å². The molecule has 1 N–H and O–H groups in total. The maximum atomic E-state index is 10.8. The van der Waals surface area contributed by atoms with Crippen molar-refractivity contribution >= 4 is 31.8 Å². The number of anilines is 1. The number of rotatable bonds is 2. The highest BCUT2D eigenvalue weighted by Crippen LogP contribution is 2.07. The van der Waals surface area contributed by atoms with Gasteiger partial charge in [0.1, 0.15) is 0 Å². The number of para-hydroxylation sites is 1. The van der Waals surface area contributed by atoms with Gasteiger partial charge in [-0.2, -0.15) is 8.42 Å². The molecule has 0 saturated carbocycles. The van der Waals surface area contributed by atoms with Crippen molar-refractivity contribution in [2.75, 3.05) is 5.32 Å². The Morgan fingerprint density at radius 2 is 1.86 bits per heavy atom. The Morgan fingerprint density at radius 1 is 1.29 bits per heavy atom. The maximum Gasteiger partial charge on any atom is 0.428 e. The molecule has 0 saturated heterocycles. The van der Waals surface area contributed by atoms with Crippen LogP contribution in [0.5, 0.6) is 0 Å². The zero-order chi connectivity index (χ0) is 10.6. The molecule has 0 unspecified atom stereocenters. The van der Waals surface area contributed by atoms with Crippen LogP contribution in [0.25, 0.3) is 0 Å². The van der Waals surface area contributed by atoms with Gasteiger partial charge in [-0.25, -0.2) is 4.79 Å². The minimum absolute atomic E-state index is 0.415. The topological polar surface area (TPSA) is 72.5 Å². The summed E-state index contributed by atoms with van der Waals surface area (Å²) in [6.45, 7) is 0. The average Bonchev–Trinajstić information content (AvgIpc) is 2.02. The zero-order valence-corrected chi connectivity index (χ0v) is 8.38. The Bertz CT molecular complexity index is 417. The molecule has 0 bridgehead atoms. The molecule has 76 valence electrons. The van der Waals surface area contributed by atoms with Crippen LogP contribution in [0, 0.1) is 0 Å². The van der Waals surface area contributed by atoms with Gasteiger partial charge in [0, 0.05) is 5.69 Å². The van der Waals surface area contributed by atoms with Crippen molar-refractivity contribution in [3.63, 3.8) is 0 Å². The third-order valence-electron chi connectivity index (χ3n) is 1.20. The first-order chi connectivity index (χ1) is 6.47. The summed E-state index contributed by atoms with van der Waals surface area (Å²) in [5.74, 6) is 0. The van der Waals surface area contributed by atoms with E-state index in [1.54, 1.807) is 30.3 Å². The van der Waals surface area contributed by atoms with E-state index in [-0.39, 0.29) is 0 Å². The standard InChI is InChI=1S/C7H6ClNO4S/c8-14(11,12)13-7(10)9-6-4-2-1-3-5-6/h1-5H,(H,9,10). The van der Waals surface area contributed by atoms with Gasteiger partial charge in [-0.15, -0.1) is 0 Å². The number of carbonyl (C=O) groups excluding carboxylic acids is 1. The van der Waals surface area contributed by atoms with Crippen LogP contribution in [0.15, 0.2) is 30.3 Å². The minimum atomic E-state index is -4.28. The van der Waals surface area contributed by atoms with Crippen LogP contribution in [0.1, 0.15) is 0 Å². The molecule has 0 fully saturated rings. The van der Waals surface area contributed by atoms with Gasteiger partial charge in [0.05, 0.1) is 10.7 Å². The molecular weight excluding hydrogens is 230 g/mol. The summed E-state index contributed by atoms with van der Waals surface area (Å²) < 4.78 is 24.5. The highest BCUT2D eigenvalue weighted by atomic mass is 35.7. The molecule has 0 aliphatic heterocycles. The third-order valence-corrected chi connectivity index (χ3v) is 1.73. The molecule has 0 spiro atoms. The Hall–Kier alpha value is -1.27. The van der Waals surface area contributed by atoms with Gasteiger partial charge in [-0.1, -0.05) is 18.2 Å². The van der Waals surface area contributed by atoms with Gasteiger partial charge in [-0.3, -0.25) is 5.32 Å². The lowest BCUT2D eigenvalue weighted by atomic mass is 10.3. The van der Waals surface area contributed by atoms with Crippen LogP contribution in [0.3, 0.4) is 0 Å². The Morgan fingerprint density at radius 3 is 2.36 bits per heavy atom. The predicted molar refractivity (Wildman–Crippen MR) is 51.3 cm³/mol. The van der Waals surface area contributed by atoms with E-state index in [1.165, 1.54) is 0 Å². The van der Waals surface area contributed by atoms with Crippen molar-refractivity contribution in [2.45, 2.75) is 0 Å². The van der Waals surface area contributed by atoms with Crippen LogP contribution in [0.4, 0.5) is 10.5 Å². The highest BCUT2D eigenvalue weighted by molar-refractivity contribution is 8.10. The van der Waals surface area contributed by atoms with E-state index in [0.29, 0.717) is 5.69 Å². The van der Waals surface area contributed by atoms with Crippen LogP contribution in [0.2, 0.25) is 0 Å². The van der Waals surface area contributed by atoms with E-state index in [0.717, 1.165) is 0 Å². The van der Waals surface area contributed by atoms with Crippen molar-refractivity contribution in [3.05, 3.63) is 30.3 Å². The van der Waals surface area contributed by atoms with E-state index in [1.807, 2.05) is 0 Å². The summed E-state index contributed by atoms with van der Waals surface area (Å²) in [4.78, 5) is 10.8. The molecule has 0 aliphatic carbocycles. The fourth-order valence-corrected chi connectivity index (χ4v) is 1.14. The number of amides is 1. The summed E-state index contributed by atoms with van der Waals surface area (Å²) >= 11 is 0. The predicted octanol–water partition coefficient (Wildman–Crippen LogP) is 1.72. The molecule has 0 atom stereocenters. The Kier molecular flexibility index (Phi) is 3.32. The molecule has 0 radical (unpaired) electrons. The first-order valence-corrected chi connectivity index (χ1v) is 5.71. The number of benzene rings is 1. The van der Waals surface area contributed by atoms with Crippen molar-refractivity contribution in [1.29, 1.82) is 0 Å². The number of hydrogen-bond acceptors (Lipinski definition) is 4. The van der Waals surface area contributed by atoms with Gasteiger partial charge in [0.25, 0.3) is 0 Å². The summed E-state index contributed by atoms with van der Waals surface area (Å²) in [7, 11) is 0.400. The second kappa shape index (κ2) is 4.30. The SMILES string of the molecule is O=C(Nc1ccccc1)OS(=O)(=O)Cl. The molecule has 1 rings (SSSR count). The first kappa shape index (κ1) is 10.8. The van der Waals surface area contributed by atoms with Crippen LogP contribution < -0.4 is 5.32 Å². The second-order valence-corrected chi connectivity index (χ2v) is 4.34. The molecule has 1 amide bonds. The van der Waals surface area contributed by atoms with Gasteiger partial charge in [-0.05, 0) is 12.1 Å². The lowest BCUT2D eigenvalue weighted by Crippen LogP contribution is -2.15. The molecule has 1 aromatic carbocycles. The van der Waals surface area contributed by atoms with Crippen molar-refractivity contribution in [2.24, 2.45) is 0 Å². The van der Waals surface area contributed by atoms with E-state index >= 15 is 0 Å². The molecular formula is C7H6ClNO4S. The number of nitrogens with one attached hydrogen (secondary N) is 1. The van der Waals surface area contributed by atoms with Crippen molar-refractivity contribution < 1.29 is 17.4 Å². The number of carbonyl (C=O) groups is 1. The third kappa shape index (κ3) is 4.11. The van der Waals surface area contributed by atoms with Crippen LogP contribution in [-0.4, -0.2) is 14.5 Å². The normalized spacial score (nSPS) is 10.6. The molecule has 0 aliphatic rings. The molecule has 1 aromatic rings. The Labute approximate surface area is 85.3 Å². The van der Waals surface area contributed by atoms with Gasteiger partial charge < -0.3 is 4.18 Å². The van der Waals surface area contributed by atoms with Crippen LogP contribution in [-0.2, 0) is 13.5 Å². The summed E-state index contributed by atoms with van der Waals surface area (Å²) in [5, 5.41) is 2.17. The second-order valence-electron chi connectivity index (χ2n) is 2.25. The molecule has 14 heavy (non-hydrogen) atoms. The quantitative estimate of drug-likeness (QED) is 0.793.